The first-order valence-corrected chi connectivity index (χ1v) is 12.5. The second kappa shape index (κ2) is 13.4. The Bertz CT molecular complexity index is 1170. The molecule has 1 aromatic heterocycles. The number of amides is 4. The van der Waals surface area contributed by atoms with E-state index >= 15 is 0 Å². The summed E-state index contributed by atoms with van der Waals surface area (Å²) in [4.78, 5) is 70.5. The number of hydrogen-bond acceptors (Lipinski definition) is 8. The number of benzene rings is 1. The van der Waals surface area contributed by atoms with Crippen LogP contribution >= 0.6 is 0 Å². The van der Waals surface area contributed by atoms with Crippen molar-refractivity contribution in [2.75, 3.05) is 6.54 Å². The van der Waals surface area contributed by atoms with Crippen molar-refractivity contribution in [2.24, 2.45) is 11.5 Å². The van der Waals surface area contributed by atoms with Crippen LogP contribution in [0, 0.1) is 0 Å². The summed E-state index contributed by atoms with van der Waals surface area (Å²) >= 11 is 0. The van der Waals surface area contributed by atoms with Gasteiger partial charge in [-0.25, -0.2) is 9.78 Å². The molecule has 0 aliphatic carbocycles. The lowest BCUT2D eigenvalue weighted by molar-refractivity contribution is -0.149. The molecule has 0 saturated carbocycles. The molecule has 210 valence electrons. The third-order valence-corrected chi connectivity index (χ3v) is 6.46. The molecule has 1 aliphatic heterocycles. The van der Waals surface area contributed by atoms with E-state index in [4.69, 9.17) is 11.5 Å². The van der Waals surface area contributed by atoms with Crippen molar-refractivity contribution in [1.29, 1.82) is 0 Å². The van der Waals surface area contributed by atoms with Gasteiger partial charge in [-0.2, -0.15) is 0 Å². The standard InChI is InChI=1S/C25H33N7O7/c26-17(7-8-21(27)34)22(35)30-18(11-15-12-28-13-29-15)23(36)31-19(10-14-3-5-16(33)6-4-14)24(37)32-9-1-2-20(32)25(38)39/h3-6,12-13,17-20,33H,1-2,7-11,26H2,(H2,27,34)(H,28,29)(H,30,35)(H,31,36)(H,38,39). The second-order valence-corrected chi connectivity index (χ2v) is 9.41. The number of hydrogen-bond donors (Lipinski definition) is 7. The molecule has 1 aliphatic rings. The lowest BCUT2D eigenvalue weighted by Gasteiger charge is -2.29. The summed E-state index contributed by atoms with van der Waals surface area (Å²) in [7, 11) is 0. The fourth-order valence-electron chi connectivity index (χ4n) is 4.36. The van der Waals surface area contributed by atoms with Gasteiger partial charge in [-0.3, -0.25) is 19.2 Å². The zero-order chi connectivity index (χ0) is 28.5. The van der Waals surface area contributed by atoms with Gasteiger partial charge in [0.25, 0.3) is 0 Å². The number of carbonyl (C=O) groups is 5. The van der Waals surface area contributed by atoms with E-state index in [1.165, 1.54) is 29.6 Å². The number of aromatic hydroxyl groups is 1. The molecule has 39 heavy (non-hydrogen) atoms. The van der Waals surface area contributed by atoms with E-state index in [1.807, 2.05) is 0 Å². The van der Waals surface area contributed by atoms with Crippen LogP contribution in [0.25, 0.3) is 0 Å². The Hall–Kier alpha value is -4.46. The average molecular weight is 544 g/mol. The molecule has 14 nitrogen and oxygen atoms in total. The summed E-state index contributed by atoms with van der Waals surface area (Å²) in [6.07, 6.45) is 3.54. The summed E-state index contributed by atoms with van der Waals surface area (Å²) in [5.74, 6) is -3.71. The molecular formula is C25H33N7O7. The molecule has 0 bridgehead atoms. The van der Waals surface area contributed by atoms with E-state index in [2.05, 4.69) is 20.6 Å². The molecule has 2 heterocycles. The molecular weight excluding hydrogens is 510 g/mol. The van der Waals surface area contributed by atoms with Gasteiger partial charge in [0.15, 0.2) is 0 Å². The first-order valence-electron chi connectivity index (χ1n) is 12.5. The number of nitrogens with two attached hydrogens (primary N) is 2. The number of likely N-dealkylation sites (tertiary alicyclic amines) is 1. The third-order valence-electron chi connectivity index (χ3n) is 6.46. The van der Waals surface area contributed by atoms with Crippen molar-refractivity contribution >= 4 is 29.6 Å². The normalized spacial score (nSPS) is 17.2. The number of phenols is 1. The van der Waals surface area contributed by atoms with Crippen molar-refractivity contribution in [3.63, 3.8) is 0 Å². The van der Waals surface area contributed by atoms with Gasteiger partial charge < -0.3 is 42.2 Å². The second-order valence-electron chi connectivity index (χ2n) is 9.41. The predicted molar refractivity (Wildman–Crippen MR) is 137 cm³/mol. The lowest BCUT2D eigenvalue weighted by Crippen LogP contribution is -2.58. The van der Waals surface area contributed by atoms with Crippen LogP contribution in [0.2, 0.25) is 0 Å². The Morgan fingerprint density at radius 2 is 1.77 bits per heavy atom. The summed E-state index contributed by atoms with van der Waals surface area (Å²) in [6, 6.07) is 1.58. The highest BCUT2D eigenvalue weighted by Crippen LogP contribution is 2.20. The van der Waals surface area contributed by atoms with Crippen LogP contribution in [0.3, 0.4) is 0 Å². The van der Waals surface area contributed by atoms with Crippen LogP contribution in [-0.4, -0.2) is 85.4 Å². The van der Waals surface area contributed by atoms with Crippen molar-refractivity contribution in [3.8, 4) is 5.75 Å². The van der Waals surface area contributed by atoms with Crippen LogP contribution in [0.15, 0.2) is 36.8 Å². The number of nitrogens with zero attached hydrogens (tertiary/aromatic N) is 2. The number of aliphatic carboxylic acids is 1. The number of carboxylic acid groups (broad SMARTS) is 1. The lowest BCUT2D eigenvalue weighted by atomic mass is 10.0. The molecule has 4 unspecified atom stereocenters. The SMILES string of the molecule is NC(=O)CCC(N)C(=O)NC(Cc1cnc[nH]1)C(=O)NC(Cc1ccc(O)cc1)C(=O)N1CCCC1C(=O)O. The Morgan fingerprint density at radius 3 is 2.38 bits per heavy atom. The van der Waals surface area contributed by atoms with Gasteiger partial charge >= 0.3 is 5.97 Å². The smallest absolute Gasteiger partial charge is 0.326 e. The molecule has 1 fully saturated rings. The Morgan fingerprint density at radius 1 is 1.08 bits per heavy atom. The monoisotopic (exact) mass is 543 g/mol. The Labute approximate surface area is 224 Å². The summed E-state index contributed by atoms with van der Waals surface area (Å²) in [5, 5.41) is 24.4. The first kappa shape index (κ1) is 29.1. The minimum Gasteiger partial charge on any atom is -0.508 e. The van der Waals surface area contributed by atoms with Crippen LogP contribution in [-0.2, 0) is 36.8 Å². The van der Waals surface area contributed by atoms with Crippen LogP contribution in [0.4, 0.5) is 0 Å². The van der Waals surface area contributed by atoms with Crippen LogP contribution in [0.1, 0.15) is 36.9 Å². The Balaban J connectivity index is 1.82. The minimum atomic E-state index is -1.18. The number of carboxylic acids is 1. The fraction of sp³-hybridized carbons (Fsp3) is 0.440. The molecule has 9 N–H and O–H groups in total. The van der Waals surface area contributed by atoms with Gasteiger partial charge in [-0.05, 0) is 37.0 Å². The third kappa shape index (κ3) is 8.26. The van der Waals surface area contributed by atoms with E-state index in [1.54, 1.807) is 12.1 Å². The maximum absolute atomic E-state index is 13.5. The predicted octanol–water partition coefficient (Wildman–Crippen LogP) is -1.46. The van der Waals surface area contributed by atoms with Crippen molar-refractivity contribution in [2.45, 2.75) is 62.7 Å². The van der Waals surface area contributed by atoms with Gasteiger partial charge in [0.05, 0.1) is 12.4 Å². The summed E-state index contributed by atoms with van der Waals surface area (Å²) < 4.78 is 0. The van der Waals surface area contributed by atoms with Crippen LogP contribution < -0.4 is 22.1 Å². The molecule has 1 saturated heterocycles. The molecule has 0 radical (unpaired) electrons. The zero-order valence-corrected chi connectivity index (χ0v) is 21.2. The minimum absolute atomic E-state index is 0.0105. The topological polar surface area (TPSA) is 234 Å². The number of rotatable bonds is 13. The largest absolute Gasteiger partial charge is 0.508 e. The molecule has 14 heteroatoms. The number of H-pyrrole nitrogens is 1. The maximum Gasteiger partial charge on any atom is 0.326 e. The van der Waals surface area contributed by atoms with E-state index in [0.29, 0.717) is 24.1 Å². The number of carbonyl (C=O) groups excluding carboxylic acids is 4. The molecule has 4 atom stereocenters. The molecule has 0 spiro atoms. The van der Waals surface area contributed by atoms with E-state index in [-0.39, 0.29) is 38.0 Å². The number of phenolic OH excluding ortho intramolecular Hbond substituents is 1. The zero-order valence-electron chi connectivity index (χ0n) is 21.2. The first-order chi connectivity index (χ1) is 18.5. The fourth-order valence-corrected chi connectivity index (χ4v) is 4.36. The number of aromatic nitrogens is 2. The van der Waals surface area contributed by atoms with Crippen LogP contribution in [0.5, 0.6) is 5.75 Å². The van der Waals surface area contributed by atoms with E-state index < -0.39 is 53.8 Å². The highest BCUT2D eigenvalue weighted by Gasteiger charge is 2.38. The van der Waals surface area contributed by atoms with Gasteiger partial charge in [0, 0.05) is 37.7 Å². The maximum atomic E-state index is 13.5. The van der Waals surface area contributed by atoms with Gasteiger partial charge in [-0.1, -0.05) is 12.1 Å². The molecule has 1 aromatic carbocycles. The van der Waals surface area contributed by atoms with Crippen molar-refractivity contribution < 1.29 is 34.2 Å². The number of nitrogens with one attached hydrogen (secondary N) is 3. The highest BCUT2D eigenvalue weighted by atomic mass is 16.4. The summed E-state index contributed by atoms with van der Waals surface area (Å²) in [5.41, 5.74) is 12.1. The molecule has 4 amide bonds. The van der Waals surface area contributed by atoms with Crippen molar-refractivity contribution in [3.05, 3.63) is 48.0 Å². The number of imidazole rings is 1. The number of primary amides is 1. The average Bonchev–Trinajstić information content (AvgIpc) is 3.59. The summed E-state index contributed by atoms with van der Waals surface area (Å²) in [6.45, 7) is 0.223. The molecule has 3 rings (SSSR count). The van der Waals surface area contributed by atoms with E-state index in [0.717, 1.165) is 0 Å². The van der Waals surface area contributed by atoms with Crippen molar-refractivity contribution in [1.82, 2.24) is 25.5 Å². The van der Waals surface area contributed by atoms with Gasteiger partial charge in [-0.15, -0.1) is 0 Å². The number of aromatic amines is 1. The Kier molecular flexibility index (Phi) is 9.98. The van der Waals surface area contributed by atoms with Gasteiger partial charge in [0.2, 0.25) is 23.6 Å². The van der Waals surface area contributed by atoms with Gasteiger partial charge in [0.1, 0.15) is 23.9 Å². The highest BCUT2D eigenvalue weighted by molar-refractivity contribution is 5.94. The quantitative estimate of drug-likeness (QED) is 0.156. The molecule has 2 aromatic rings. The van der Waals surface area contributed by atoms with E-state index in [9.17, 15) is 34.2 Å².